The summed E-state index contributed by atoms with van der Waals surface area (Å²) in [5, 5.41) is 9.63. The van der Waals surface area contributed by atoms with E-state index in [0.29, 0.717) is 18.7 Å². The van der Waals surface area contributed by atoms with Gasteiger partial charge in [0.15, 0.2) is 7.35 Å². The van der Waals surface area contributed by atoms with Crippen LogP contribution in [0.2, 0.25) is 0 Å². The number of terminal acetylenes is 1. The third kappa shape index (κ3) is 12.9. The highest BCUT2D eigenvalue weighted by Crippen LogP contribution is 2.48. The van der Waals surface area contributed by atoms with Gasteiger partial charge < -0.3 is 25.3 Å². The van der Waals surface area contributed by atoms with Crippen LogP contribution in [-0.4, -0.2) is 55.8 Å². The number of carbonyl (C=O) groups is 1. The maximum atomic E-state index is 9.56. The number of nitrogens with one attached hydrogen (secondary N) is 3. The molecule has 0 saturated carbocycles. The Balaban J connectivity index is 0.000000376. The topological polar surface area (TPSA) is 62.4 Å². The molecule has 3 atom stereocenters. The van der Waals surface area contributed by atoms with Crippen LogP contribution in [0.1, 0.15) is 33.1 Å². The molecule has 2 saturated heterocycles. The van der Waals surface area contributed by atoms with Crippen LogP contribution < -0.4 is 16.0 Å². The van der Waals surface area contributed by atoms with Gasteiger partial charge in [-0.15, -0.1) is 6.42 Å². The Morgan fingerprint density at radius 3 is 2.54 bits per heavy atom. The van der Waals surface area contributed by atoms with Gasteiger partial charge in [0.2, 0.25) is 0 Å². The van der Waals surface area contributed by atoms with Crippen LogP contribution in [0.3, 0.4) is 0 Å². The zero-order valence-corrected chi connectivity index (χ0v) is 18.8. The molecule has 0 amide bonds. The minimum atomic E-state index is -0.666. The predicted octanol–water partition coefficient (Wildman–Crippen LogP) is 3.39. The van der Waals surface area contributed by atoms with Crippen LogP contribution in [0.25, 0.3) is 0 Å². The lowest BCUT2D eigenvalue weighted by molar-refractivity contribution is -0.107. The van der Waals surface area contributed by atoms with Gasteiger partial charge in [-0.25, -0.2) is 0 Å². The second kappa shape index (κ2) is 18.0. The highest BCUT2D eigenvalue weighted by Gasteiger charge is 2.32. The van der Waals surface area contributed by atoms with Crippen LogP contribution in [0.5, 0.6) is 0 Å². The fourth-order valence-corrected chi connectivity index (χ4v) is 5.80. The first-order chi connectivity index (χ1) is 12.6. The van der Waals surface area contributed by atoms with Gasteiger partial charge in [0.25, 0.3) is 0 Å². The van der Waals surface area contributed by atoms with Crippen molar-refractivity contribution >= 4 is 36.8 Å². The van der Waals surface area contributed by atoms with Crippen molar-refractivity contribution < 1.29 is 9.32 Å². The van der Waals surface area contributed by atoms with Crippen molar-refractivity contribution in [2.24, 2.45) is 0 Å². The molecular weight excluding hydrogens is 385 g/mol. The van der Waals surface area contributed by atoms with Crippen molar-refractivity contribution in [3.05, 3.63) is 12.4 Å². The van der Waals surface area contributed by atoms with Gasteiger partial charge >= 0.3 is 0 Å². The average molecular weight is 420 g/mol. The zero-order chi connectivity index (χ0) is 19.6. The first-order valence-electron chi connectivity index (χ1n) is 9.02. The van der Waals surface area contributed by atoms with Crippen molar-refractivity contribution in [2.75, 3.05) is 37.5 Å². The summed E-state index contributed by atoms with van der Waals surface area (Å²) in [5.74, 6) is 4.49. The van der Waals surface area contributed by atoms with E-state index in [1.165, 1.54) is 11.5 Å². The van der Waals surface area contributed by atoms with Crippen LogP contribution >= 0.6 is 30.5 Å². The van der Waals surface area contributed by atoms with E-state index >= 15 is 0 Å². The number of rotatable bonds is 9. The number of aldehydes is 1. The average Bonchev–Trinajstić information content (AvgIpc) is 3.21. The summed E-state index contributed by atoms with van der Waals surface area (Å²) >= 11 is 3.72. The van der Waals surface area contributed by atoms with Gasteiger partial charge in [0, 0.05) is 30.2 Å². The van der Waals surface area contributed by atoms with Gasteiger partial charge in [0.1, 0.15) is 6.29 Å². The summed E-state index contributed by atoms with van der Waals surface area (Å²) in [6.45, 7) is 9.54. The summed E-state index contributed by atoms with van der Waals surface area (Å²) in [6.07, 6.45) is 9.12. The van der Waals surface area contributed by atoms with Crippen molar-refractivity contribution in [3.63, 3.8) is 0 Å². The molecule has 8 heteroatoms. The Hall–Kier alpha value is -0.380. The maximum absolute atomic E-state index is 9.56. The Labute approximate surface area is 169 Å². The van der Waals surface area contributed by atoms with E-state index < -0.39 is 7.35 Å². The largest absolute Gasteiger partial charge is 0.367 e. The summed E-state index contributed by atoms with van der Waals surface area (Å²) < 4.78 is 5.30. The molecule has 26 heavy (non-hydrogen) atoms. The molecule has 150 valence electrons. The SMILES string of the molecule is C#CP(OCC)SCCNC.C=C1NC2CSCC2N1.CCCCC=O. The lowest BCUT2D eigenvalue weighted by Crippen LogP contribution is -2.31. The van der Waals surface area contributed by atoms with E-state index in [2.05, 4.69) is 35.1 Å². The highest BCUT2D eigenvalue weighted by atomic mass is 32.7. The lowest BCUT2D eigenvalue weighted by atomic mass is 10.2. The summed E-state index contributed by atoms with van der Waals surface area (Å²) in [7, 11) is 1.26. The van der Waals surface area contributed by atoms with Crippen LogP contribution in [0, 0.1) is 12.1 Å². The number of fused-ring (bicyclic) bond motifs is 1. The molecule has 0 aromatic rings. The van der Waals surface area contributed by atoms with E-state index in [1.54, 1.807) is 11.4 Å². The molecule has 0 aromatic carbocycles. The molecule has 3 N–H and O–H groups in total. The molecule has 0 aliphatic carbocycles. The maximum Gasteiger partial charge on any atom is 0.169 e. The van der Waals surface area contributed by atoms with Gasteiger partial charge in [0.05, 0.1) is 24.5 Å². The van der Waals surface area contributed by atoms with Crippen molar-refractivity contribution in [3.8, 4) is 12.1 Å². The second-order valence-electron chi connectivity index (χ2n) is 5.57. The zero-order valence-electron chi connectivity index (χ0n) is 16.3. The number of hydrogen-bond donors (Lipinski definition) is 3. The van der Waals surface area contributed by atoms with Crippen molar-refractivity contribution in [1.82, 2.24) is 16.0 Å². The molecule has 0 spiro atoms. The van der Waals surface area contributed by atoms with E-state index in [-0.39, 0.29) is 0 Å². The third-order valence-electron chi connectivity index (χ3n) is 3.39. The Morgan fingerprint density at radius 1 is 1.46 bits per heavy atom. The second-order valence-corrected chi connectivity index (χ2v) is 10.1. The molecule has 2 fully saturated rings. The molecular formula is C18H34N3O2PS2. The summed E-state index contributed by atoms with van der Waals surface area (Å²) in [6, 6.07) is 1.31. The van der Waals surface area contributed by atoms with Gasteiger partial charge in [-0.1, -0.05) is 31.3 Å². The van der Waals surface area contributed by atoms with Crippen LogP contribution in [0.15, 0.2) is 12.4 Å². The Kier molecular flexibility index (Phi) is 17.7. The number of hydrogen-bond acceptors (Lipinski definition) is 7. The van der Waals surface area contributed by atoms with Crippen molar-refractivity contribution in [1.29, 1.82) is 0 Å². The van der Waals surface area contributed by atoms with E-state index in [0.717, 1.165) is 43.7 Å². The number of carbonyl (C=O) groups excluding carboxylic acids is 1. The van der Waals surface area contributed by atoms with Crippen LogP contribution in [-0.2, 0) is 9.32 Å². The standard InChI is InChI=1S/C7H14NOPS.C6H10N2S.C5H10O/c1-4-9-10(5-2)11-7-6-8-3;1-4-7-5-2-9-3-6(5)8-4;1-2-3-4-5-6/h2,8H,4,6-7H2,1,3H3;5-8H,1-3H2;5H,2-4H2,1H3. The molecule has 2 heterocycles. The van der Waals surface area contributed by atoms with E-state index in [1.807, 2.05) is 25.7 Å². The van der Waals surface area contributed by atoms with Crippen molar-refractivity contribution in [2.45, 2.75) is 45.2 Å². The minimum absolute atomic E-state index is 0.655. The first kappa shape index (κ1) is 25.6. The summed E-state index contributed by atoms with van der Waals surface area (Å²) in [4.78, 5) is 9.56. The highest BCUT2D eigenvalue weighted by molar-refractivity contribution is 8.55. The normalized spacial score (nSPS) is 20.9. The van der Waals surface area contributed by atoms with Gasteiger partial charge in [-0.2, -0.15) is 11.8 Å². The minimum Gasteiger partial charge on any atom is -0.367 e. The Bertz CT molecular complexity index is 408. The monoisotopic (exact) mass is 419 g/mol. The third-order valence-corrected chi connectivity index (χ3v) is 7.79. The molecule has 0 radical (unpaired) electrons. The molecule has 2 aliphatic rings. The van der Waals surface area contributed by atoms with Gasteiger partial charge in [-0.3, -0.25) is 0 Å². The first-order valence-corrected chi connectivity index (χ1v) is 13.0. The number of unbranched alkanes of at least 4 members (excludes halogenated alkanes) is 2. The molecule has 0 bridgehead atoms. The fraction of sp³-hybridized carbons (Fsp3) is 0.722. The predicted molar refractivity (Wildman–Crippen MR) is 120 cm³/mol. The summed E-state index contributed by atoms with van der Waals surface area (Å²) in [5.41, 5.74) is 2.64. The molecule has 2 rings (SSSR count). The van der Waals surface area contributed by atoms with E-state index in [9.17, 15) is 4.79 Å². The quantitative estimate of drug-likeness (QED) is 0.229. The molecule has 0 aromatic heterocycles. The van der Waals surface area contributed by atoms with E-state index in [4.69, 9.17) is 10.9 Å². The smallest absolute Gasteiger partial charge is 0.169 e. The molecule has 3 unspecified atom stereocenters. The van der Waals surface area contributed by atoms with Gasteiger partial charge in [-0.05, 0) is 26.1 Å². The van der Waals surface area contributed by atoms with Crippen LogP contribution in [0.4, 0.5) is 0 Å². The fourth-order valence-electron chi connectivity index (χ4n) is 2.08. The number of thioether (sulfide) groups is 1. The Morgan fingerprint density at radius 2 is 2.12 bits per heavy atom. The molecule has 2 aliphatic heterocycles. The molecule has 5 nitrogen and oxygen atoms in total. The lowest BCUT2D eigenvalue weighted by Gasteiger charge is -2.07.